The number of fused-ring (bicyclic) bond motifs is 1. The number of carbonyl (C=O) groups is 1. The predicted molar refractivity (Wildman–Crippen MR) is 141 cm³/mol. The molecule has 35 heavy (non-hydrogen) atoms. The fraction of sp³-hybridized carbons (Fsp3) is 0.519. The molecule has 0 spiro atoms. The van der Waals surface area contributed by atoms with Crippen molar-refractivity contribution in [2.75, 3.05) is 11.9 Å². The molecule has 0 saturated heterocycles. The molecular weight excluding hydrogens is 458 g/mol. The van der Waals surface area contributed by atoms with E-state index in [0.717, 1.165) is 42.8 Å². The normalized spacial score (nSPS) is 19.1. The Morgan fingerprint density at radius 2 is 1.89 bits per heavy atom. The summed E-state index contributed by atoms with van der Waals surface area (Å²) in [6, 6.07) is 9.09. The van der Waals surface area contributed by atoms with Gasteiger partial charge in [-0.3, -0.25) is 4.79 Å². The number of hydrogen-bond acceptors (Lipinski definition) is 6. The van der Waals surface area contributed by atoms with Crippen LogP contribution in [0.3, 0.4) is 0 Å². The number of aliphatic hydroxyl groups is 1. The van der Waals surface area contributed by atoms with Crippen LogP contribution in [0.15, 0.2) is 34.7 Å². The van der Waals surface area contributed by atoms with Gasteiger partial charge in [0.15, 0.2) is 11.5 Å². The van der Waals surface area contributed by atoms with Crippen molar-refractivity contribution in [2.45, 2.75) is 77.4 Å². The number of anilines is 1. The molecule has 1 saturated carbocycles. The second-order valence-corrected chi connectivity index (χ2v) is 16.0. The molecule has 4 rings (SSSR count). The lowest BCUT2D eigenvalue weighted by atomic mass is 9.82. The first kappa shape index (κ1) is 25.4. The Morgan fingerprint density at radius 1 is 1.17 bits per heavy atom. The molecule has 1 aliphatic carbocycles. The number of pyridine rings is 1. The third kappa shape index (κ3) is 5.59. The summed E-state index contributed by atoms with van der Waals surface area (Å²) in [4.78, 5) is 22.2. The van der Waals surface area contributed by atoms with Crippen LogP contribution in [0.1, 0.15) is 74.4 Å². The van der Waals surface area contributed by atoms with Gasteiger partial charge in [0, 0.05) is 30.4 Å². The number of aryl methyl sites for hydroxylation is 1. The van der Waals surface area contributed by atoms with E-state index in [0.29, 0.717) is 28.6 Å². The SMILES string of the molecule is Cc1cccc(C(=O)Nc2cc3oc(C4CCC(CO)CC4)nc3cc2O[Si](C)(C)C(C)(C)C)n1. The van der Waals surface area contributed by atoms with Gasteiger partial charge in [0.05, 0.1) is 5.69 Å². The van der Waals surface area contributed by atoms with Crippen LogP contribution in [0.2, 0.25) is 18.1 Å². The summed E-state index contributed by atoms with van der Waals surface area (Å²) in [7, 11) is -2.19. The van der Waals surface area contributed by atoms with E-state index in [9.17, 15) is 9.90 Å². The number of aromatic nitrogens is 2. The summed E-state index contributed by atoms with van der Waals surface area (Å²) >= 11 is 0. The van der Waals surface area contributed by atoms with Crippen LogP contribution in [0, 0.1) is 12.8 Å². The molecule has 0 radical (unpaired) electrons. The number of nitrogens with zero attached hydrogens (tertiary/aromatic N) is 2. The summed E-state index contributed by atoms with van der Waals surface area (Å²) in [6.07, 6.45) is 3.86. The maximum atomic E-state index is 13.0. The molecule has 1 aromatic carbocycles. The Kier molecular flexibility index (Phi) is 7.06. The fourth-order valence-electron chi connectivity index (χ4n) is 4.21. The average Bonchev–Trinajstić information content (AvgIpc) is 3.21. The van der Waals surface area contributed by atoms with Crippen molar-refractivity contribution >= 4 is 31.0 Å². The van der Waals surface area contributed by atoms with Gasteiger partial charge >= 0.3 is 0 Å². The van der Waals surface area contributed by atoms with Crippen LogP contribution in [-0.2, 0) is 0 Å². The van der Waals surface area contributed by atoms with Crippen molar-refractivity contribution in [3.05, 3.63) is 47.6 Å². The zero-order chi connectivity index (χ0) is 25.4. The molecule has 2 N–H and O–H groups in total. The Balaban J connectivity index is 1.69. The van der Waals surface area contributed by atoms with Crippen LogP contribution in [0.5, 0.6) is 5.75 Å². The lowest BCUT2D eigenvalue weighted by Crippen LogP contribution is -2.44. The summed E-state index contributed by atoms with van der Waals surface area (Å²) in [6.45, 7) is 13.0. The Morgan fingerprint density at radius 3 is 2.51 bits per heavy atom. The van der Waals surface area contributed by atoms with Gasteiger partial charge in [0.25, 0.3) is 14.2 Å². The first-order valence-electron chi connectivity index (χ1n) is 12.5. The van der Waals surface area contributed by atoms with Crippen molar-refractivity contribution in [3.63, 3.8) is 0 Å². The summed E-state index contributed by atoms with van der Waals surface area (Å²) in [5, 5.41) is 12.4. The van der Waals surface area contributed by atoms with E-state index in [-0.39, 0.29) is 23.5 Å². The van der Waals surface area contributed by atoms with Crippen molar-refractivity contribution in [1.29, 1.82) is 0 Å². The van der Waals surface area contributed by atoms with Crippen molar-refractivity contribution in [1.82, 2.24) is 9.97 Å². The van der Waals surface area contributed by atoms with E-state index in [4.69, 9.17) is 13.8 Å². The molecule has 2 heterocycles. The predicted octanol–water partition coefficient (Wildman–Crippen LogP) is 6.43. The monoisotopic (exact) mass is 495 g/mol. The highest BCUT2D eigenvalue weighted by Gasteiger charge is 2.39. The van der Waals surface area contributed by atoms with Gasteiger partial charge in [-0.2, -0.15) is 0 Å². The number of rotatable bonds is 6. The zero-order valence-electron chi connectivity index (χ0n) is 21.6. The molecule has 0 bridgehead atoms. The number of oxazole rings is 1. The number of amides is 1. The van der Waals surface area contributed by atoms with E-state index in [1.54, 1.807) is 6.07 Å². The van der Waals surface area contributed by atoms with Crippen LogP contribution in [0.25, 0.3) is 11.1 Å². The third-order valence-corrected chi connectivity index (χ3v) is 11.8. The topological polar surface area (TPSA) is 97.5 Å². The van der Waals surface area contributed by atoms with Gasteiger partial charge in [-0.25, -0.2) is 9.97 Å². The highest BCUT2D eigenvalue weighted by Crippen LogP contribution is 2.42. The van der Waals surface area contributed by atoms with Crippen LogP contribution < -0.4 is 9.74 Å². The molecule has 0 atom stereocenters. The maximum Gasteiger partial charge on any atom is 0.274 e. The second kappa shape index (κ2) is 9.74. The summed E-state index contributed by atoms with van der Waals surface area (Å²) < 4.78 is 12.8. The summed E-state index contributed by atoms with van der Waals surface area (Å²) in [5.74, 6) is 1.64. The number of nitrogens with one attached hydrogen (secondary N) is 1. The molecular formula is C27H37N3O4Si. The molecule has 0 aliphatic heterocycles. The minimum Gasteiger partial charge on any atom is -0.542 e. The second-order valence-electron chi connectivity index (χ2n) is 11.2. The van der Waals surface area contributed by atoms with Crippen LogP contribution in [-0.4, -0.2) is 35.9 Å². The van der Waals surface area contributed by atoms with Gasteiger partial charge in [-0.15, -0.1) is 0 Å². The molecule has 1 amide bonds. The molecule has 188 valence electrons. The standard InChI is InChI=1S/C27H37N3O4Si/c1-17-8-7-9-20(28-17)25(32)29-22-14-23-21(15-24(22)34-35(5,6)27(2,3)4)30-26(33-23)19-12-10-18(16-31)11-13-19/h7-9,14-15,18-19,31H,10-13,16H2,1-6H3,(H,29,32). The highest BCUT2D eigenvalue weighted by atomic mass is 28.4. The highest BCUT2D eigenvalue weighted by molar-refractivity contribution is 6.74. The maximum absolute atomic E-state index is 13.0. The Hall–Kier alpha value is -2.71. The lowest BCUT2D eigenvalue weighted by Gasteiger charge is -2.37. The molecule has 0 unspecified atom stereocenters. The fourth-order valence-corrected chi connectivity index (χ4v) is 5.23. The quantitative estimate of drug-likeness (QED) is 0.382. The number of hydrogen-bond donors (Lipinski definition) is 2. The molecule has 7 nitrogen and oxygen atoms in total. The van der Waals surface area contributed by atoms with E-state index in [1.807, 2.05) is 31.2 Å². The first-order chi connectivity index (χ1) is 16.5. The minimum atomic E-state index is -2.19. The number of carbonyl (C=O) groups excluding carboxylic acids is 1. The molecule has 2 aromatic heterocycles. The van der Waals surface area contributed by atoms with Crippen molar-refractivity contribution in [2.24, 2.45) is 5.92 Å². The smallest absolute Gasteiger partial charge is 0.274 e. The van der Waals surface area contributed by atoms with E-state index in [2.05, 4.69) is 44.2 Å². The lowest BCUT2D eigenvalue weighted by molar-refractivity contribution is 0.102. The van der Waals surface area contributed by atoms with Crippen molar-refractivity contribution in [3.8, 4) is 5.75 Å². The van der Waals surface area contributed by atoms with Gasteiger partial charge in [-0.05, 0) is 68.8 Å². The minimum absolute atomic E-state index is 0.0122. The molecule has 1 fully saturated rings. The van der Waals surface area contributed by atoms with Gasteiger partial charge in [-0.1, -0.05) is 26.8 Å². The number of aliphatic hydroxyl groups excluding tert-OH is 1. The first-order valence-corrected chi connectivity index (χ1v) is 15.4. The third-order valence-electron chi connectivity index (χ3n) is 7.50. The Bertz CT molecular complexity index is 1210. The largest absolute Gasteiger partial charge is 0.542 e. The van der Waals surface area contributed by atoms with E-state index >= 15 is 0 Å². The van der Waals surface area contributed by atoms with Gasteiger partial charge < -0.3 is 19.3 Å². The van der Waals surface area contributed by atoms with Gasteiger partial charge in [0.2, 0.25) is 0 Å². The van der Waals surface area contributed by atoms with Crippen LogP contribution in [0.4, 0.5) is 5.69 Å². The van der Waals surface area contributed by atoms with Gasteiger partial charge in [0.1, 0.15) is 17.0 Å². The van der Waals surface area contributed by atoms with Crippen LogP contribution >= 0.6 is 0 Å². The van der Waals surface area contributed by atoms with Crippen molar-refractivity contribution < 1.29 is 18.7 Å². The zero-order valence-corrected chi connectivity index (χ0v) is 22.6. The van der Waals surface area contributed by atoms with E-state index in [1.165, 1.54) is 0 Å². The molecule has 1 aliphatic rings. The summed E-state index contributed by atoms with van der Waals surface area (Å²) in [5.41, 5.74) is 3.04. The number of benzene rings is 1. The van der Waals surface area contributed by atoms with E-state index < -0.39 is 8.32 Å². The molecule has 8 heteroatoms. The Labute approximate surface area is 208 Å². The molecule has 3 aromatic rings. The average molecular weight is 496 g/mol.